The van der Waals surface area contributed by atoms with Gasteiger partial charge in [-0.3, -0.25) is 0 Å². The third-order valence-electron chi connectivity index (χ3n) is 5.10. The van der Waals surface area contributed by atoms with E-state index in [1.165, 1.54) is 4.31 Å². The van der Waals surface area contributed by atoms with E-state index in [0.717, 1.165) is 34.6 Å². The second-order valence-corrected chi connectivity index (χ2v) is 8.89. The fourth-order valence-electron chi connectivity index (χ4n) is 3.43. The summed E-state index contributed by atoms with van der Waals surface area (Å²) in [6.07, 6.45) is 3.06. The van der Waals surface area contributed by atoms with E-state index in [-0.39, 0.29) is 18.7 Å². The lowest BCUT2D eigenvalue weighted by Crippen LogP contribution is -2.44. The molecule has 3 rings (SSSR count). The molecule has 1 aromatic heterocycles. The lowest BCUT2D eigenvalue weighted by atomic mass is 10.0. The number of halogens is 1. The van der Waals surface area contributed by atoms with Gasteiger partial charge in [0.25, 0.3) is 0 Å². The van der Waals surface area contributed by atoms with Crippen LogP contribution in [-0.4, -0.2) is 41.9 Å². The number of sulfonamides is 1. The van der Waals surface area contributed by atoms with Gasteiger partial charge < -0.3 is 4.74 Å². The molecule has 0 amide bonds. The van der Waals surface area contributed by atoms with Crippen LogP contribution in [0.25, 0.3) is 0 Å². The predicted molar refractivity (Wildman–Crippen MR) is 99.8 cm³/mol. The van der Waals surface area contributed by atoms with E-state index < -0.39 is 15.8 Å². The summed E-state index contributed by atoms with van der Waals surface area (Å²) in [5.74, 6) is -0.545. The van der Waals surface area contributed by atoms with Crippen molar-refractivity contribution in [3.05, 3.63) is 46.5 Å². The largest absolute Gasteiger partial charge is 0.459 e. The van der Waals surface area contributed by atoms with Crippen LogP contribution in [0.2, 0.25) is 0 Å². The normalized spacial score (nSPS) is 18.5. The number of hydrogen-bond donors (Lipinski definition) is 0. The molecule has 1 unspecified atom stereocenters. The summed E-state index contributed by atoms with van der Waals surface area (Å²) >= 11 is 0. The average Bonchev–Trinajstić information content (AvgIpc) is 2.62. The highest BCUT2D eigenvalue weighted by molar-refractivity contribution is 7.89. The van der Waals surface area contributed by atoms with Crippen molar-refractivity contribution in [3.8, 4) is 6.01 Å². The quantitative estimate of drug-likeness (QED) is 0.798. The first-order valence-corrected chi connectivity index (χ1v) is 10.4. The van der Waals surface area contributed by atoms with Gasteiger partial charge in [0.15, 0.2) is 5.82 Å². The van der Waals surface area contributed by atoms with Gasteiger partial charge >= 0.3 is 6.01 Å². The van der Waals surface area contributed by atoms with Crippen LogP contribution in [-0.2, 0) is 10.0 Å². The summed E-state index contributed by atoms with van der Waals surface area (Å²) in [5, 5.41) is 0. The standard InChI is InChI=1S/C19H24FN3O3S/c1-12-8-13(2)15(4)18(14(12)3)27(24,25)23-7-5-6-17(11-23)26-19-21-9-16(20)10-22-19/h8-10,17H,5-7,11H2,1-4H3. The third-order valence-corrected chi connectivity index (χ3v) is 7.24. The third kappa shape index (κ3) is 3.96. The molecule has 1 fully saturated rings. The zero-order valence-electron chi connectivity index (χ0n) is 16.0. The van der Waals surface area contributed by atoms with Crippen molar-refractivity contribution < 1.29 is 17.5 Å². The van der Waals surface area contributed by atoms with Gasteiger partial charge in [0, 0.05) is 6.54 Å². The topological polar surface area (TPSA) is 72.4 Å². The van der Waals surface area contributed by atoms with Crippen molar-refractivity contribution in [2.24, 2.45) is 0 Å². The van der Waals surface area contributed by atoms with Gasteiger partial charge in [-0.2, -0.15) is 4.31 Å². The molecule has 0 aliphatic carbocycles. The minimum absolute atomic E-state index is 0.0550. The molecule has 1 aliphatic heterocycles. The fraction of sp³-hybridized carbons (Fsp3) is 0.474. The van der Waals surface area contributed by atoms with E-state index in [4.69, 9.17) is 4.74 Å². The Labute approximate surface area is 159 Å². The highest BCUT2D eigenvalue weighted by Crippen LogP contribution is 2.30. The molecule has 1 atom stereocenters. The average molecular weight is 393 g/mol. The molecule has 0 bridgehead atoms. The molecule has 1 aromatic carbocycles. The van der Waals surface area contributed by atoms with Gasteiger partial charge in [-0.1, -0.05) is 6.07 Å². The van der Waals surface area contributed by atoms with Gasteiger partial charge in [0.2, 0.25) is 10.0 Å². The highest BCUT2D eigenvalue weighted by Gasteiger charge is 2.34. The molecule has 1 saturated heterocycles. The maximum atomic E-state index is 13.4. The van der Waals surface area contributed by atoms with E-state index in [2.05, 4.69) is 9.97 Å². The van der Waals surface area contributed by atoms with Crippen LogP contribution in [0.1, 0.15) is 35.1 Å². The summed E-state index contributed by atoms with van der Waals surface area (Å²) in [5.41, 5.74) is 3.48. The smallest absolute Gasteiger partial charge is 0.316 e. The summed E-state index contributed by atoms with van der Waals surface area (Å²) in [6.45, 7) is 8.20. The zero-order valence-corrected chi connectivity index (χ0v) is 16.8. The Balaban J connectivity index is 1.86. The first-order chi connectivity index (χ1) is 12.7. The number of aryl methyl sites for hydroxylation is 2. The first kappa shape index (κ1) is 19.7. The van der Waals surface area contributed by atoms with Crippen molar-refractivity contribution in [2.45, 2.75) is 51.5 Å². The van der Waals surface area contributed by atoms with Crippen molar-refractivity contribution in [1.82, 2.24) is 14.3 Å². The summed E-state index contributed by atoms with van der Waals surface area (Å²) in [6, 6.07) is 2.07. The molecule has 27 heavy (non-hydrogen) atoms. The number of rotatable bonds is 4. The number of aromatic nitrogens is 2. The van der Waals surface area contributed by atoms with Crippen LogP contribution >= 0.6 is 0 Å². The molecule has 0 N–H and O–H groups in total. The summed E-state index contributed by atoms with van der Waals surface area (Å²) in [4.78, 5) is 7.97. The number of piperidine rings is 1. The lowest BCUT2D eigenvalue weighted by Gasteiger charge is -2.32. The van der Waals surface area contributed by atoms with Crippen molar-refractivity contribution in [2.75, 3.05) is 13.1 Å². The van der Waals surface area contributed by atoms with E-state index in [1.807, 2.05) is 33.8 Å². The van der Waals surface area contributed by atoms with E-state index in [9.17, 15) is 12.8 Å². The van der Waals surface area contributed by atoms with E-state index in [1.54, 1.807) is 0 Å². The van der Waals surface area contributed by atoms with Crippen LogP contribution < -0.4 is 4.74 Å². The molecule has 0 saturated carbocycles. The lowest BCUT2D eigenvalue weighted by molar-refractivity contribution is 0.119. The van der Waals surface area contributed by atoms with Gasteiger partial charge in [0.05, 0.1) is 23.8 Å². The SMILES string of the molecule is Cc1cc(C)c(C)c(S(=O)(=O)N2CCCC(Oc3ncc(F)cn3)C2)c1C. The molecule has 2 heterocycles. The van der Waals surface area contributed by atoms with Gasteiger partial charge in [-0.15, -0.1) is 0 Å². The van der Waals surface area contributed by atoms with Crippen molar-refractivity contribution in [3.63, 3.8) is 0 Å². The molecule has 2 aromatic rings. The van der Waals surface area contributed by atoms with Crippen molar-refractivity contribution >= 4 is 10.0 Å². The van der Waals surface area contributed by atoms with Crippen LogP contribution in [0.3, 0.4) is 0 Å². The molecule has 8 heteroatoms. The maximum Gasteiger partial charge on any atom is 0.316 e. The Morgan fingerprint density at radius 1 is 1.11 bits per heavy atom. The maximum absolute atomic E-state index is 13.4. The number of ether oxygens (including phenoxy) is 1. The van der Waals surface area contributed by atoms with Crippen LogP contribution in [0, 0.1) is 33.5 Å². The monoisotopic (exact) mass is 393 g/mol. The summed E-state index contributed by atoms with van der Waals surface area (Å²) < 4.78 is 46.8. The van der Waals surface area contributed by atoms with Gasteiger partial charge in [-0.25, -0.2) is 22.8 Å². The number of hydrogen-bond acceptors (Lipinski definition) is 5. The Morgan fingerprint density at radius 2 is 1.70 bits per heavy atom. The van der Waals surface area contributed by atoms with E-state index in [0.29, 0.717) is 24.3 Å². The van der Waals surface area contributed by atoms with Crippen LogP contribution in [0.4, 0.5) is 4.39 Å². The number of nitrogens with zero attached hydrogens (tertiary/aromatic N) is 3. The minimum Gasteiger partial charge on any atom is -0.459 e. The Hall–Kier alpha value is -2.06. The molecule has 0 spiro atoms. The minimum atomic E-state index is -3.65. The Kier molecular flexibility index (Phi) is 5.48. The second-order valence-electron chi connectivity index (χ2n) is 7.02. The molecule has 146 valence electrons. The highest BCUT2D eigenvalue weighted by atomic mass is 32.2. The summed E-state index contributed by atoms with van der Waals surface area (Å²) in [7, 11) is -3.65. The molecule has 6 nitrogen and oxygen atoms in total. The molecule has 0 radical (unpaired) electrons. The molecular formula is C19H24FN3O3S. The molecular weight excluding hydrogens is 369 g/mol. The predicted octanol–water partition coefficient (Wildman–Crippen LogP) is 3.08. The number of benzene rings is 1. The van der Waals surface area contributed by atoms with E-state index >= 15 is 0 Å². The fourth-order valence-corrected chi connectivity index (χ4v) is 5.51. The van der Waals surface area contributed by atoms with Gasteiger partial charge in [0.1, 0.15) is 6.10 Å². The van der Waals surface area contributed by atoms with Crippen LogP contribution in [0.15, 0.2) is 23.4 Å². The van der Waals surface area contributed by atoms with Crippen LogP contribution in [0.5, 0.6) is 6.01 Å². The molecule has 1 aliphatic rings. The Bertz CT molecular complexity index is 919. The van der Waals surface area contributed by atoms with Gasteiger partial charge in [-0.05, 0) is 62.8 Å². The first-order valence-electron chi connectivity index (χ1n) is 8.92. The zero-order chi connectivity index (χ0) is 19.8. The Morgan fingerprint density at radius 3 is 2.30 bits per heavy atom. The second kappa shape index (κ2) is 7.52. The van der Waals surface area contributed by atoms with Crippen molar-refractivity contribution in [1.29, 1.82) is 0 Å².